The van der Waals surface area contributed by atoms with E-state index >= 15 is 0 Å². The van der Waals surface area contributed by atoms with Gasteiger partial charge in [-0.25, -0.2) is 0 Å². The van der Waals surface area contributed by atoms with Gasteiger partial charge in [-0.3, -0.25) is 0 Å². The molecule has 0 bridgehead atoms. The third-order valence-electron chi connectivity index (χ3n) is 5.58. The van der Waals surface area contributed by atoms with Crippen molar-refractivity contribution in [2.24, 2.45) is 5.92 Å². The molecule has 0 rings (SSSR count). The van der Waals surface area contributed by atoms with E-state index in [1.165, 1.54) is 5.57 Å². The molecule has 1 atom stereocenters. The molecule has 0 amide bonds. The standard InChI is InChI=1S/C25H50O2Si3/c1-21(20-26-30(14,15)24(3,4)5)19-22(2)23(17-16-18-28(8,9)10)25(6,7)27-29(11,12)13/h19,23H,1,17,20H2,2-15H3/b22-19-/t23-/m1/s1. The molecule has 30 heavy (non-hydrogen) atoms. The molecule has 0 unspecified atom stereocenters. The largest absolute Gasteiger partial charge is 0.413 e. The monoisotopic (exact) mass is 466 g/mol. The summed E-state index contributed by atoms with van der Waals surface area (Å²) in [5.41, 5.74) is 5.58. The molecule has 0 aliphatic rings. The quantitative estimate of drug-likeness (QED) is 0.194. The van der Waals surface area contributed by atoms with Gasteiger partial charge in [-0.15, -0.1) is 11.5 Å². The van der Waals surface area contributed by atoms with Crippen molar-refractivity contribution < 1.29 is 8.85 Å². The maximum atomic E-state index is 6.62. The van der Waals surface area contributed by atoms with Gasteiger partial charge in [0.2, 0.25) is 0 Å². The highest BCUT2D eigenvalue weighted by Crippen LogP contribution is 2.37. The first kappa shape index (κ1) is 29.6. The zero-order valence-corrected chi connectivity index (χ0v) is 25.6. The van der Waals surface area contributed by atoms with Crippen LogP contribution in [0.1, 0.15) is 48.0 Å². The molecule has 0 saturated heterocycles. The van der Waals surface area contributed by atoms with Crippen LogP contribution in [-0.2, 0) is 8.85 Å². The van der Waals surface area contributed by atoms with Crippen LogP contribution in [0.3, 0.4) is 0 Å². The van der Waals surface area contributed by atoms with E-state index in [4.69, 9.17) is 8.85 Å². The number of hydrogen-bond acceptors (Lipinski definition) is 2. The second kappa shape index (κ2) is 10.5. The van der Waals surface area contributed by atoms with Crippen LogP contribution in [0.5, 0.6) is 0 Å². The zero-order chi connectivity index (χ0) is 24.2. The predicted octanol–water partition coefficient (Wildman–Crippen LogP) is 8.03. The fourth-order valence-corrected chi connectivity index (χ4v) is 6.52. The smallest absolute Gasteiger partial charge is 0.192 e. The lowest BCUT2D eigenvalue weighted by Crippen LogP contribution is -2.44. The fraction of sp³-hybridized carbons (Fsp3) is 0.760. The first-order valence-electron chi connectivity index (χ1n) is 11.3. The van der Waals surface area contributed by atoms with Crippen molar-refractivity contribution in [1.82, 2.24) is 0 Å². The zero-order valence-electron chi connectivity index (χ0n) is 22.6. The van der Waals surface area contributed by atoms with Crippen molar-refractivity contribution in [2.45, 2.75) is 111 Å². The van der Waals surface area contributed by atoms with Gasteiger partial charge in [-0.05, 0) is 64.1 Å². The van der Waals surface area contributed by atoms with Crippen LogP contribution in [0.2, 0.25) is 57.4 Å². The van der Waals surface area contributed by atoms with Gasteiger partial charge in [0, 0.05) is 12.3 Å². The topological polar surface area (TPSA) is 18.5 Å². The lowest BCUT2D eigenvalue weighted by molar-refractivity contribution is 0.0537. The molecule has 0 aliphatic carbocycles. The molecule has 0 spiro atoms. The molecule has 174 valence electrons. The Hall–Kier alpha value is -0.389. The van der Waals surface area contributed by atoms with Crippen LogP contribution in [0.25, 0.3) is 0 Å². The summed E-state index contributed by atoms with van der Waals surface area (Å²) in [6, 6.07) is 0. The van der Waals surface area contributed by atoms with Crippen LogP contribution in [0, 0.1) is 17.4 Å². The molecule has 0 radical (unpaired) electrons. The van der Waals surface area contributed by atoms with Crippen molar-refractivity contribution in [3.8, 4) is 11.5 Å². The van der Waals surface area contributed by atoms with Crippen LogP contribution >= 0.6 is 0 Å². The average molecular weight is 467 g/mol. The van der Waals surface area contributed by atoms with E-state index in [0.717, 1.165) is 12.0 Å². The Balaban J connectivity index is 5.65. The van der Waals surface area contributed by atoms with E-state index in [0.29, 0.717) is 6.61 Å². The summed E-state index contributed by atoms with van der Waals surface area (Å²) in [5, 5.41) is 0.203. The molecular weight excluding hydrogens is 417 g/mol. The van der Waals surface area contributed by atoms with Gasteiger partial charge in [0.15, 0.2) is 16.6 Å². The molecule has 0 fully saturated rings. The summed E-state index contributed by atoms with van der Waals surface area (Å²) in [6.45, 7) is 36.6. The molecule has 0 saturated carbocycles. The summed E-state index contributed by atoms with van der Waals surface area (Å²) in [6.07, 6.45) is 3.03. The van der Waals surface area contributed by atoms with E-state index in [-0.39, 0.29) is 16.6 Å². The Bertz CT molecular complexity index is 672. The van der Waals surface area contributed by atoms with Gasteiger partial charge in [-0.2, -0.15) is 0 Å². The molecule has 2 nitrogen and oxygen atoms in total. The Morgan fingerprint density at radius 3 is 1.87 bits per heavy atom. The van der Waals surface area contributed by atoms with E-state index in [1.807, 2.05) is 0 Å². The summed E-state index contributed by atoms with van der Waals surface area (Å²) < 4.78 is 13.0. The lowest BCUT2D eigenvalue weighted by Gasteiger charge is -2.40. The molecular formula is C25H50O2Si3. The summed E-state index contributed by atoms with van der Waals surface area (Å²) in [4.78, 5) is 0. The predicted molar refractivity (Wildman–Crippen MR) is 144 cm³/mol. The Morgan fingerprint density at radius 2 is 1.47 bits per heavy atom. The van der Waals surface area contributed by atoms with Gasteiger partial charge in [0.1, 0.15) is 8.07 Å². The van der Waals surface area contributed by atoms with Crippen molar-refractivity contribution in [3.63, 3.8) is 0 Å². The Kier molecular flexibility index (Phi) is 10.3. The highest BCUT2D eigenvalue weighted by Gasteiger charge is 2.37. The second-order valence-electron chi connectivity index (χ2n) is 12.7. The Morgan fingerprint density at radius 1 is 0.967 bits per heavy atom. The highest BCUT2D eigenvalue weighted by molar-refractivity contribution is 6.83. The second-order valence-corrected chi connectivity index (χ2v) is 26.7. The molecule has 0 N–H and O–H groups in total. The highest BCUT2D eigenvalue weighted by atomic mass is 28.4. The first-order valence-corrected chi connectivity index (χ1v) is 21.1. The summed E-state index contributed by atoms with van der Waals surface area (Å²) >= 11 is 0. The maximum absolute atomic E-state index is 6.62. The fourth-order valence-electron chi connectivity index (χ4n) is 3.19. The molecule has 0 heterocycles. The molecule has 0 aromatic carbocycles. The van der Waals surface area contributed by atoms with E-state index < -0.39 is 24.7 Å². The van der Waals surface area contributed by atoms with Crippen LogP contribution in [0.15, 0.2) is 23.8 Å². The van der Waals surface area contributed by atoms with Gasteiger partial charge in [0.05, 0.1) is 12.2 Å². The minimum atomic E-state index is -1.78. The third-order valence-corrected chi connectivity index (χ3v) is 12.1. The SMILES string of the molecule is C=C(/C=C(/C)[C@@H](CC#C[Si](C)(C)C)C(C)(C)O[Si](C)(C)C)CO[Si](C)(C)C(C)(C)C. The van der Waals surface area contributed by atoms with Crippen molar-refractivity contribution >= 4 is 24.7 Å². The van der Waals surface area contributed by atoms with Crippen LogP contribution < -0.4 is 0 Å². The normalized spacial score (nSPS) is 15.5. The van der Waals surface area contributed by atoms with Crippen molar-refractivity contribution in [3.05, 3.63) is 23.8 Å². The summed E-state index contributed by atoms with van der Waals surface area (Å²) in [7, 11) is -4.86. The van der Waals surface area contributed by atoms with E-state index in [9.17, 15) is 0 Å². The van der Waals surface area contributed by atoms with Crippen molar-refractivity contribution in [1.29, 1.82) is 0 Å². The van der Waals surface area contributed by atoms with Gasteiger partial charge in [0.25, 0.3) is 0 Å². The maximum Gasteiger partial charge on any atom is 0.192 e. The van der Waals surface area contributed by atoms with E-state index in [2.05, 4.69) is 118 Å². The molecule has 0 aliphatic heterocycles. The molecule has 0 aromatic heterocycles. The molecule has 0 aromatic rings. The van der Waals surface area contributed by atoms with Gasteiger partial charge < -0.3 is 8.85 Å². The minimum Gasteiger partial charge on any atom is -0.413 e. The van der Waals surface area contributed by atoms with Crippen molar-refractivity contribution in [2.75, 3.05) is 6.61 Å². The number of rotatable bonds is 9. The van der Waals surface area contributed by atoms with E-state index in [1.54, 1.807) is 0 Å². The molecule has 5 heteroatoms. The van der Waals surface area contributed by atoms with Crippen LogP contribution in [-0.4, -0.2) is 36.9 Å². The number of hydrogen-bond donors (Lipinski definition) is 0. The lowest BCUT2D eigenvalue weighted by atomic mass is 9.82. The van der Waals surface area contributed by atoms with Gasteiger partial charge >= 0.3 is 0 Å². The van der Waals surface area contributed by atoms with Crippen LogP contribution in [0.4, 0.5) is 0 Å². The minimum absolute atomic E-state index is 0.203. The Labute approximate surface area is 192 Å². The van der Waals surface area contributed by atoms with Gasteiger partial charge in [-0.1, -0.05) is 58.6 Å². The summed E-state index contributed by atoms with van der Waals surface area (Å²) in [5.74, 6) is 3.73. The first-order chi connectivity index (χ1) is 13.1. The third kappa shape index (κ3) is 11.3. The average Bonchev–Trinajstić information content (AvgIpc) is 2.44.